The number of carbonyl (C=O) groups is 4. The Hall–Kier alpha value is -3.23. The summed E-state index contributed by atoms with van der Waals surface area (Å²) in [6, 6.07) is 5.76. The van der Waals surface area contributed by atoms with Crippen LogP contribution in [0.25, 0.3) is 0 Å². The number of ether oxygens (including phenoxy) is 4. The third kappa shape index (κ3) is 11.0. The van der Waals surface area contributed by atoms with Crippen LogP contribution in [-0.2, 0) is 38.1 Å². The van der Waals surface area contributed by atoms with E-state index in [4.69, 9.17) is 18.4 Å². The molecule has 1 aromatic rings. The van der Waals surface area contributed by atoms with Gasteiger partial charge in [-0.25, -0.2) is 14.4 Å². The standard InChI is InChI=1S/C22H31NO12S/c1-5-31-19(26)16-9-6-7-10-17(16)35-21(28)33-14-32-20(27)18(25)22(3,4)13-34-36(29,30)12-8-11-23-15(2)24/h6-7,9-10,18,25H,5,8,11-14H2,1-4H3,(H,23,24)/t18-/m0/s1. The molecule has 202 valence electrons. The molecule has 13 nitrogen and oxygen atoms in total. The third-order valence-corrected chi connectivity index (χ3v) is 5.74. The van der Waals surface area contributed by atoms with Crippen molar-refractivity contribution in [3.05, 3.63) is 29.8 Å². The van der Waals surface area contributed by atoms with Gasteiger partial charge in [-0.15, -0.1) is 0 Å². The molecule has 1 aromatic carbocycles. The monoisotopic (exact) mass is 533 g/mol. The van der Waals surface area contributed by atoms with Crippen molar-refractivity contribution in [2.75, 3.05) is 32.3 Å². The lowest BCUT2D eigenvalue weighted by Crippen LogP contribution is -2.42. The van der Waals surface area contributed by atoms with Gasteiger partial charge in [-0.2, -0.15) is 8.42 Å². The number of benzene rings is 1. The number of para-hydroxylation sites is 1. The normalized spacial score (nSPS) is 12.2. The van der Waals surface area contributed by atoms with Crippen molar-refractivity contribution in [3.63, 3.8) is 0 Å². The lowest BCUT2D eigenvalue weighted by Gasteiger charge is -2.28. The summed E-state index contributed by atoms with van der Waals surface area (Å²) >= 11 is 0. The van der Waals surface area contributed by atoms with Gasteiger partial charge in [0.2, 0.25) is 12.7 Å². The van der Waals surface area contributed by atoms with Crippen LogP contribution in [0, 0.1) is 5.41 Å². The van der Waals surface area contributed by atoms with Gasteiger partial charge < -0.3 is 29.4 Å². The van der Waals surface area contributed by atoms with Gasteiger partial charge >= 0.3 is 18.1 Å². The molecule has 0 unspecified atom stereocenters. The first-order valence-corrected chi connectivity index (χ1v) is 12.4. The van der Waals surface area contributed by atoms with Crippen molar-refractivity contribution in [2.45, 2.75) is 40.2 Å². The zero-order valence-corrected chi connectivity index (χ0v) is 21.3. The zero-order chi connectivity index (χ0) is 27.4. The lowest BCUT2D eigenvalue weighted by atomic mass is 9.88. The van der Waals surface area contributed by atoms with Crippen LogP contribution in [0.5, 0.6) is 5.75 Å². The highest BCUT2D eigenvalue weighted by Crippen LogP contribution is 2.24. The first-order chi connectivity index (χ1) is 16.8. The van der Waals surface area contributed by atoms with Crippen molar-refractivity contribution in [1.29, 1.82) is 0 Å². The number of aliphatic hydroxyl groups is 1. The fourth-order valence-electron chi connectivity index (χ4n) is 2.48. The summed E-state index contributed by atoms with van der Waals surface area (Å²) in [6.45, 7) is 4.44. The summed E-state index contributed by atoms with van der Waals surface area (Å²) < 4.78 is 48.0. The Kier molecular flexibility index (Phi) is 12.3. The lowest BCUT2D eigenvalue weighted by molar-refractivity contribution is -0.170. The summed E-state index contributed by atoms with van der Waals surface area (Å²) in [6.07, 6.45) is -3.00. The fraction of sp³-hybridized carbons (Fsp3) is 0.545. The molecule has 0 aliphatic rings. The van der Waals surface area contributed by atoms with E-state index in [0.717, 1.165) is 0 Å². The molecule has 0 spiro atoms. The molecule has 0 saturated carbocycles. The average molecular weight is 534 g/mol. The number of nitrogens with one attached hydrogen (secondary N) is 1. The highest BCUT2D eigenvalue weighted by molar-refractivity contribution is 7.86. The number of aliphatic hydroxyl groups excluding tert-OH is 1. The third-order valence-electron chi connectivity index (χ3n) is 4.47. The van der Waals surface area contributed by atoms with E-state index in [9.17, 15) is 32.7 Å². The van der Waals surface area contributed by atoms with Crippen molar-refractivity contribution in [3.8, 4) is 5.75 Å². The molecule has 1 atom stereocenters. The molecule has 36 heavy (non-hydrogen) atoms. The van der Waals surface area contributed by atoms with Gasteiger partial charge in [-0.05, 0) is 25.5 Å². The first kappa shape index (κ1) is 30.8. The number of amides is 1. The van der Waals surface area contributed by atoms with Crippen LogP contribution in [0.2, 0.25) is 0 Å². The second kappa shape index (κ2) is 14.4. The Morgan fingerprint density at radius 3 is 2.39 bits per heavy atom. The van der Waals surface area contributed by atoms with E-state index in [0.29, 0.717) is 0 Å². The van der Waals surface area contributed by atoms with Gasteiger partial charge in [0.05, 0.1) is 19.0 Å². The van der Waals surface area contributed by atoms with E-state index in [-0.39, 0.29) is 42.5 Å². The summed E-state index contributed by atoms with van der Waals surface area (Å²) in [5.74, 6) is -2.72. The van der Waals surface area contributed by atoms with Crippen molar-refractivity contribution in [2.24, 2.45) is 5.41 Å². The molecule has 0 aromatic heterocycles. The van der Waals surface area contributed by atoms with Gasteiger partial charge in [0.15, 0.2) is 6.10 Å². The molecule has 0 fully saturated rings. The molecule has 1 rings (SSSR count). The van der Waals surface area contributed by atoms with Crippen molar-refractivity contribution < 1.29 is 55.8 Å². The molecule has 2 N–H and O–H groups in total. The van der Waals surface area contributed by atoms with Crippen LogP contribution in [0.1, 0.15) is 44.5 Å². The molecule has 0 radical (unpaired) electrons. The number of hydrogen-bond acceptors (Lipinski definition) is 12. The van der Waals surface area contributed by atoms with Crippen LogP contribution in [-0.4, -0.2) is 75.9 Å². The van der Waals surface area contributed by atoms with Gasteiger partial charge in [-0.1, -0.05) is 26.0 Å². The molecule has 0 aliphatic carbocycles. The fourth-order valence-corrected chi connectivity index (χ4v) is 3.58. The van der Waals surface area contributed by atoms with Gasteiger partial charge in [0, 0.05) is 18.9 Å². The molecule has 14 heteroatoms. The zero-order valence-electron chi connectivity index (χ0n) is 20.5. The minimum Gasteiger partial charge on any atom is -0.462 e. The summed E-state index contributed by atoms with van der Waals surface area (Å²) in [4.78, 5) is 46.7. The van der Waals surface area contributed by atoms with Gasteiger partial charge in [-0.3, -0.25) is 8.98 Å². The molecular weight excluding hydrogens is 502 g/mol. The first-order valence-electron chi connectivity index (χ1n) is 10.9. The topological polar surface area (TPSA) is 181 Å². The predicted molar refractivity (Wildman–Crippen MR) is 123 cm³/mol. The Morgan fingerprint density at radius 2 is 1.75 bits per heavy atom. The van der Waals surface area contributed by atoms with E-state index in [1.165, 1.54) is 45.0 Å². The summed E-state index contributed by atoms with van der Waals surface area (Å²) in [5.41, 5.74) is -1.41. The Labute approximate surface area is 209 Å². The number of rotatable bonds is 14. The minimum absolute atomic E-state index is 0.0180. The maximum atomic E-state index is 12.1. The second-order valence-electron chi connectivity index (χ2n) is 8.05. The molecule has 0 heterocycles. The largest absolute Gasteiger partial charge is 0.516 e. The van der Waals surface area contributed by atoms with Crippen LogP contribution < -0.4 is 10.1 Å². The molecule has 1 amide bonds. The minimum atomic E-state index is -3.98. The maximum absolute atomic E-state index is 12.1. The van der Waals surface area contributed by atoms with Crippen LogP contribution in [0.15, 0.2) is 24.3 Å². The van der Waals surface area contributed by atoms with Gasteiger partial charge in [0.25, 0.3) is 10.1 Å². The Morgan fingerprint density at radius 1 is 1.08 bits per heavy atom. The quantitative estimate of drug-likeness (QED) is 0.115. The van der Waals surface area contributed by atoms with Crippen molar-refractivity contribution in [1.82, 2.24) is 5.32 Å². The average Bonchev–Trinajstić information content (AvgIpc) is 2.80. The molecule has 0 saturated heterocycles. The SMILES string of the molecule is CCOC(=O)c1ccccc1OC(=O)OCOC(=O)[C@H](O)C(C)(C)COS(=O)(=O)CCCNC(C)=O. The smallest absolute Gasteiger partial charge is 0.462 e. The highest BCUT2D eigenvalue weighted by Gasteiger charge is 2.37. The summed E-state index contributed by atoms with van der Waals surface area (Å²) in [5, 5.41) is 12.7. The summed E-state index contributed by atoms with van der Waals surface area (Å²) in [7, 11) is -3.98. The van der Waals surface area contributed by atoms with E-state index < -0.39 is 53.1 Å². The van der Waals surface area contributed by atoms with E-state index in [1.54, 1.807) is 6.92 Å². The molecule has 0 aliphatic heterocycles. The van der Waals surface area contributed by atoms with E-state index in [1.807, 2.05) is 0 Å². The Bertz CT molecular complexity index is 1020. The number of carbonyl (C=O) groups excluding carboxylic acids is 4. The van der Waals surface area contributed by atoms with E-state index in [2.05, 4.69) is 10.1 Å². The van der Waals surface area contributed by atoms with E-state index >= 15 is 0 Å². The molecular formula is C22H31NO12S. The number of esters is 2. The predicted octanol–water partition coefficient (Wildman–Crippen LogP) is 1.14. The van der Waals surface area contributed by atoms with Crippen LogP contribution >= 0.6 is 0 Å². The highest BCUT2D eigenvalue weighted by atomic mass is 32.2. The maximum Gasteiger partial charge on any atom is 0.516 e. The van der Waals surface area contributed by atoms with Gasteiger partial charge in [0.1, 0.15) is 11.3 Å². The Balaban J connectivity index is 2.52. The van der Waals surface area contributed by atoms with Crippen LogP contribution in [0.3, 0.4) is 0 Å². The van der Waals surface area contributed by atoms with Crippen molar-refractivity contribution >= 4 is 34.1 Å². The van der Waals surface area contributed by atoms with Crippen LogP contribution in [0.4, 0.5) is 4.79 Å². The second-order valence-corrected chi connectivity index (χ2v) is 9.81. The number of hydrogen-bond donors (Lipinski definition) is 2. The molecule has 0 bridgehead atoms.